The number of ether oxygens (including phenoxy) is 3. The summed E-state index contributed by atoms with van der Waals surface area (Å²) in [6.07, 6.45) is 0. The summed E-state index contributed by atoms with van der Waals surface area (Å²) >= 11 is 0. The topological polar surface area (TPSA) is 106 Å². The van der Waals surface area contributed by atoms with Crippen molar-refractivity contribution in [2.24, 2.45) is 0 Å². The summed E-state index contributed by atoms with van der Waals surface area (Å²) in [6.45, 7) is 3.62. The van der Waals surface area contributed by atoms with Crippen LogP contribution in [0.4, 0.5) is 4.79 Å². The minimum atomic E-state index is -1.31. The van der Waals surface area contributed by atoms with Crippen LogP contribution in [-0.4, -0.2) is 43.2 Å². The number of carbonyl (C=O) groups excluding carboxylic acids is 3. The number of nitrogens with zero attached hydrogens (tertiary/aromatic N) is 1. The van der Waals surface area contributed by atoms with Crippen molar-refractivity contribution in [1.29, 1.82) is 0 Å². The molecule has 0 aromatic heterocycles. The summed E-state index contributed by atoms with van der Waals surface area (Å²) in [5, 5.41) is 3.27. The standard InChI is InChI=1S/C21H23N3O6/c1-4-29-16-9-11-17(12-10-16)30-13-18(25)23-24-19(26)21(2,22-20(24)27)14-5-7-15(28-3)8-6-14/h5-12H,4,13H2,1-3H3,(H,22,27)(H,23,25)/t21-/m0/s1. The van der Waals surface area contributed by atoms with Crippen molar-refractivity contribution in [3.63, 3.8) is 0 Å². The lowest BCUT2D eigenvalue weighted by Crippen LogP contribution is -2.49. The fourth-order valence-corrected chi connectivity index (χ4v) is 2.97. The van der Waals surface area contributed by atoms with E-state index in [2.05, 4.69) is 10.7 Å². The first kappa shape index (κ1) is 21.0. The molecule has 1 aliphatic rings. The Morgan fingerprint density at radius 1 is 1.00 bits per heavy atom. The van der Waals surface area contributed by atoms with Gasteiger partial charge in [-0.1, -0.05) is 12.1 Å². The zero-order valence-electron chi connectivity index (χ0n) is 16.9. The number of carbonyl (C=O) groups is 3. The Labute approximate surface area is 173 Å². The van der Waals surface area contributed by atoms with E-state index < -0.39 is 23.4 Å². The molecule has 9 nitrogen and oxygen atoms in total. The summed E-state index contributed by atoms with van der Waals surface area (Å²) in [4.78, 5) is 37.4. The highest BCUT2D eigenvalue weighted by Gasteiger charge is 2.50. The molecular formula is C21H23N3O6. The fourth-order valence-electron chi connectivity index (χ4n) is 2.97. The molecule has 1 saturated heterocycles. The first-order chi connectivity index (χ1) is 14.4. The maximum absolute atomic E-state index is 12.8. The molecule has 0 unspecified atom stereocenters. The molecule has 0 saturated carbocycles. The van der Waals surface area contributed by atoms with Crippen LogP contribution in [0.2, 0.25) is 0 Å². The molecule has 158 valence electrons. The molecule has 0 bridgehead atoms. The Balaban J connectivity index is 1.61. The molecule has 0 aliphatic carbocycles. The van der Waals surface area contributed by atoms with Crippen LogP contribution >= 0.6 is 0 Å². The number of rotatable bonds is 8. The Hall–Kier alpha value is -3.75. The van der Waals surface area contributed by atoms with Gasteiger partial charge in [-0.25, -0.2) is 4.79 Å². The maximum Gasteiger partial charge on any atom is 0.344 e. The van der Waals surface area contributed by atoms with Gasteiger partial charge in [-0.05, 0) is 55.8 Å². The van der Waals surface area contributed by atoms with Gasteiger partial charge in [0.25, 0.3) is 11.8 Å². The first-order valence-corrected chi connectivity index (χ1v) is 9.33. The molecule has 4 amide bonds. The quantitative estimate of drug-likeness (QED) is 0.641. The average Bonchev–Trinajstić information content (AvgIpc) is 2.97. The second kappa shape index (κ2) is 8.73. The van der Waals surface area contributed by atoms with Gasteiger partial charge in [-0.3, -0.25) is 15.0 Å². The number of benzene rings is 2. The van der Waals surface area contributed by atoms with Crippen molar-refractivity contribution in [2.75, 3.05) is 20.3 Å². The Bertz CT molecular complexity index is 929. The highest BCUT2D eigenvalue weighted by atomic mass is 16.5. The van der Waals surface area contributed by atoms with Gasteiger partial charge < -0.3 is 19.5 Å². The Morgan fingerprint density at radius 2 is 1.57 bits per heavy atom. The minimum absolute atomic E-state index is 0.371. The largest absolute Gasteiger partial charge is 0.497 e. The van der Waals surface area contributed by atoms with Crippen LogP contribution in [0.15, 0.2) is 48.5 Å². The van der Waals surface area contributed by atoms with Gasteiger partial charge in [-0.15, -0.1) is 0 Å². The van der Waals surface area contributed by atoms with Gasteiger partial charge in [0, 0.05) is 0 Å². The van der Waals surface area contributed by atoms with Gasteiger partial charge in [0.15, 0.2) is 6.61 Å². The molecule has 1 aliphatic heterocycles. The number of urea groups is 1. The Morgan fingerprint density at radius 3 is 2.13 bits per heavy atom. The van der Waals surface area contributed by atoms with Crippen molar-refractivity contribution in [2.45, 2.75) is 19.4 Å². The Kier molecular flexibility index (Phi) is 6.10. The summed E-state index contributed by atoms with van der Waals surface area (Å²) < 4.78 is 15.8. The van der Waals surface area contributed by atoms with Crippen LogP contribution in [0.1, 0.15) is 19.4 Å². The van der Waals surface area contributed by atoms with E-state index in [1.165, 1.54) is 7.11 Å². The second-order valence-corrected chi connectivity index (χ2v) is 6.65. The van der Waals surface area contributed by atoms with E-state index in [0.29, 0.717) is 34.4 Å². The molecular weight excluding hydrogens is 390 g/mol. The van der Waals surface area contributed by atoms with Crippen molar-refractivity contribution >= 4 is 17.8 Å². The van der Waals surface area contributed by atoms with E-state index in [1.807, 2.05) is 6.92 Å². The molecule has 1 heterocycles. The predicted octanol–water partition coefficient (Wildman–Crippen LogP) is 1.97. The molecule has 0 spiro atoms. The normalized spacial score (nSPS) is 18.0. The lowest BCUT2D eigenvalue weighted by Gasteiger charge is -2.22. The molecule has 1 atom stereocenters. The highest BCUT2D eigenvalue weighted by Crippen LogP contribution is 2.29. The average molecular weight is 413 g/mol. The summed E-state index contributed by atoms with van der Waals surface area (Å²) in [7, 11) is 1.53. The number of methoxy groups -OCH3 is 1. The summed E-state index contributed by atoms with van der Waals surface area (Å²) in [5.74, 6) is 0.509. The predicted molar refractivity (Wildman–Crippen MR) is 107 cm³/mol. The van der Waals surface area contributed by atoms with Crippen LogP contribution in [-0.2, 0) is 15.1 Å². The van der Waals surface area contributed by atoms with Crippen molar-refractivity contribution in [3.8, 4) is 17.2 Å². The van der Waals surface area contributed by atoms with Gasteiger partial charge in [0.05, 0.1) is 13.7 Å². The molecule has 9 heteroatoms. The van der Waals surface area contributed by atoms with Crippen LogP contribution in [0.3, 0.4) is 0 Å². The number of hydrazine groups is 1. The number of hydrogen-bond donors (Lipinski definition) is 2. The number of amides is 4. The third-order valence-corrected chi connectivity index (χ3v) is 4.60. The third-order valence-electron chi connectivity index (χ3n) is 4.60. The van der Waals surface area contributed by atoms with E-state index in [9.17, 15) is 14.4 Å². The van der Waals surface area contributed by atoms with Crippen molar-refractivity contribution in [1.82, 2.24) is 15.8 Å². The van der Waals surface area contributed by atoms with Gasteiger partial charge in [-0.2, -0.15) is 5.01 Å². The number of imide groups is 1. The maximum atomic E-state index is 12.8. The van der Waals surface area contributed by atoms with Gasteiger partial charge in [0.2, 0.25) is 0 Å². The first-order valence-electron chi connectivity index (χ1n) is 9.33. The lowest BCUT2D eigenvalue weighted by molar-refractivity contribution is -0.139. The zero-order valence-corrected chi connectivity index (χ0v) is 16.9. The van der Waals surface area contributed by atoms with E-state index >= 15 is 0 Å². The van der Waals surface area contributed by atoms with Crippen molar-refractivity contribution in [3.05, 3.63) is 54.1 Å². The molecule has 2 aromatic rings. The molecule has 2 aromatic carbocycles. The van der Waals surface area contributed by atoms with Crippen molar-refractivity contribution < 1.29 is 28.6 Å². The number of nitrogens with one attached hydrogen (secondary N) is 2. The summed E-state index contributed by atoms with van der Waals surface area (Å²) in [6, 6.07) is 12.8. The third kappa shape index (κ3) is 4.29. The van der Waals surface area contributed by atoms with Crippen LogP contribution in [0.5, 0.6) is 17.2 Å². The van der Waals surface area contributed by atoms with Crippen LogP contribution in [0, 0.1) is 0 Å². The monoisotopic (exact) mass is 413 g/mol. The molecule has 30 heavy (non-hydrogen) atoms. The second-order valence-electron chi connectivity index (χ2n) is 6.65. The van der Waals surface area contributed by atoms with E-state index in [0.717, 1.165) is 0 Å². The van der Waals surface area contributed by atoms with Gasteiger partial charge >= 0.3 is 6.03 Å². The molecule has 3 rings (SSSR count). The zero-order chi connectivity index (χ0) is 21.7. The molecule has 0 radical (unpaired) electrons. The van der Waals surface area contributed by atoms with E-state index in [-0.39, 0.29) is 6.61 Å². The number of hydrogen-bond acceptors (Lipinski definition) is 6. The van der Waals surface area contributed by atoms with Crippen LogP contribution in [0.25, 0.3) is 0 Å². The smallest absolute Gasteiger partial charge is 0.344 e. The van der Waals surface area contributed by atoms with E-state index in [1.54, 1.807) is 55.5 Å². The lowest BCUT2D eigenvalue weighted by atomic mass is 9.92. The molecule has 2 N–H and O–H groups in total. The van der Waals surface area contributed by atoms with Gasteiger partial charge in [0.1, 0.15) is 22.8 Å². The van der Waals surface area contributed by atoms with Crippen LogP contribution < -0.4 is 25.0 Å². The highest BCUT2D eigenvalue weighted by molar-refractivity contribution is 6.08. The summed E-state index contributed by atoms with van der Waals surface area (Å²) in [5.41, 5.74) is 1.53. The fraction of sp³-hybridized carbons (Fsp3) is 0.286. The molecule has 1 fully saturated rings. The SMILES string of the molecule is CCOc1ccc(OCC(=O)NN2C(=O)N[C@@](C)(c3ccc(OC)cc3)C2=O)cc1. The van der Waals surface area contributed by atoms with E-state index in [4.69, 9.17) is 14.2 Å². The minimum Gasteiger partial charge on any atom is -0.497 e.